The molecule has 0 radical (unpaired) electrons. The molecule has 2 aromatic heterocycles. The molecule has 2 heterocycles. The van der Waals surface area contributed by atoms with Crippen molar-refractivity contribution in [2.75, 3.05) is 5.32 Å². The second kappa shape index (κ2) is 4.72. The van der Waals surface area contributed by atoms with Crippen LogP contribution in [0.1, 0.15) is 23.1 Å². The minimum atomic E-state index is -0.279. The van der Waals surface area contributed by atoms with Crippen LogP contribution >= 0.6 is 0 Å². The average Bonchev–Trinajstić information content (AvgIpc) is 3.05. The highest BCUT2D eigenvalue weighted by Gasteiger charge is 2.11. The van der Waals surface area contributed by atoms with Crippen molar-refractivity contribution in [3.8, 4) is 0 Å². The van der Waals surface area contributed by atoms with E-state index >= 15 is 0 Å². The molecule has 0 saturated heterocycles. The van der Waals surface area contributed by atoms with Gasteiger partial charge in [0, 0.05) is 19.0 Å². The number of hydrogen-bond acceptors (Lipinski definition) is 5. The Labute approximate surface area is 114 Å². The molecule has 0 saturated carbocycles. The number of benzene rings is 1. The Balaban J connectivity index is 1.84. The van der Waals surface area contributed by atoms with Gasteiger partial charge in [-0.2, -0.15) is 4.98 Å². The number of hydrogen-bond donors (Lipinski definition) is 2. The Morgan fingerprint density at radius 2 is 2.30 bits per heavy atom. The summed E-state index contributed by atoms with van der Waals surface area (Å²) in [4.78, 5) is 16.2. The molecule has 8 nitrogen and oxygen atoms in total. The molecule has 2 N–H and O–H groups in total. The largest absolute Gasteiger partial charge is 0.289 e. The van der Waals surface area contributed by atoms with Crippen LogP contribution < -0.4 is 5.32 Å². The van der Waals surface area contributed by atoms with Crippen molar-refractivity contribution in [2.45, 2.75) is 13.3 Å². The summed E-state index contributed by atoms with van der Waals surface area (Å²) in [7, 11) is 1.80. The van der Waals surface area contributed by atoms with Gasteiger partial charge in [0.2, 0.25) is 5.95 Å². The van der Waals surface area contributed by atoms with E-state index in [4.69, 9.17) is 0 Å². The highest BCUT2D eigenvalue weighted by Crippen LogP contribution is 2.13. The lowest BCUT2D eigenvalue weighted by molar-refractivity contribution is 0.102. The molecule has 1 aromatic carbocycles. The number of fused-ring (bicyclic) bond motifs is 1. The predicted octanol–water partition coefficient (Wildman–Crippen LogP) is 0.901. The molecule has 102 valence electrons. The normalized spacial score (nSPS) is 10.9. The monoisotopic (exact) mass is 271 g/mol. The molecule has 8 heteroatoms. The lowest BCUT2D eigenvalue weighted by Crippen LogP contribution is -2.13. The van der Waals surface area contributed by atoms with Gasteiger partial charge in [-0.25, -0.2) is 4.68 Å². The van der Waals surface area contributed by atoms with Gasteiger partial charge in [0.05, 0.1) is 5.52 Å². The molecule has 0 aliphatic rings. The standard InChI is InChI=1S/C12H13N7O/c1-3-10-13-12(17-16-10)14-11(20)7-4-5-9-8(6-7)15-18-19(9)2/h4-6H,3H2,1-2H3,(H2,13,14,16,17,20). The number of aromatic amines is 1. The summed E-state index contributed by atoms with van der Waals surface area (Å²) >= 11 is 0. The van der Waals surface area contributed by atoms with Gasteiger partial charge in [-0.3, -0.25) is 15.2 Å². The van der Waals surface area contributed by atoms with Gasteiger partial charge < -0.3 is 0 Å². The van der Waals surface area contributed by atoms with Crippen LogP contribution in [0.25, 0.3) is 11.0 Å². The van der Waals surface area contributed by atoms with Crippen LogP contribution in [-0.2, 0) is 13.5 Å². The second-order valence-electron chi connectivity index (χ2n) is 4.33. The predicted molar refractivity (Wildman–Crippen MR) is 72.2 cm³/mol. The van der Waals surface area contributed by atoms with E-state index < -0.39 is 0 Å². The molecule has 0 aliphatic heterocycles. The molecular weight excluding hydrogens is 258 g/mol. The van der Waals surface area contributed by atoms with Gasteiger partial charge in [-0.1, -0.05) is 12.1 Å². The zero-order chi connectivity index (χ0) is 14.1. The van der Waals surface area contributed by atoms with E-state index in [1.54, 1.807) is 29.9 Å². The number of nitrogens with one attached hydrogen (secondary N) is 2. The van der Waals surface area contributed by atoms with Crippen LogP contribution in [0.4, 0.5) is 5.95 Å². The maximum atomic E-state index is 12.1. The molecule has 3 aromatic rings. The second-order valence-corrected chi connectivity index (χ2v) is 4.33. The number of carbonyl (C=O) groups is 1. The van der Waals surface area contributed by atoms with Gasteiger partial charge in [0.25, 0.3) is 5.91 Å². The van der Waals surface area contributed by atoms with Crippen molar-refractivity contribution in [3.63, 3.8) is 0 Å². The molecule has 0 bridgehead atoms. The van der Waals surface area contributed by atoms with Crippen LogP contribution in [0.15, 0.2) is 18.2 Å². The van der Waals surface area contributed by atoms with Crippen LogP contribution in [0, 0.1) is 0 Å². The van der Waals surface area contributed by atoms with Crippen molar-refractivity contribution >= 4 is 22.9 Å². The third kappa shape index (κ3) is 2.11. The summed E-state index contributed by atoms with van der Waals surface area (Å²) in [5.74, 6) is 0.718. The molecule has 0 spiro atoms. The lowest BCUT2D eigenvalue weighted by atomic mass is 10.2. The Kier molecular flexibility index (Phi) is 2.90. The summed E-state index contributed by atoms with van der Waals surface area (Å²) in [5.41, 5.74) is 2.03. The first kappa shape index (κ1) is 12.3. The van der Waals surface area contributed by atoms with E-state index in [1.807, 2.05) is 6.92 Å². The topological polar surface area (TPSA) is 101 Å². The molecule has 0 unspecified atom stereocenters. The number of nitrogens with zero attached hydrogens (tertiary/aromatic N) is 5. The van der Waals surface area contributed by atoms with Crippen LogP contribution in [-0.4, -0.2) is 36.1 Å². The minimum Gasteiger partial charge on any atom is -0.289 e. The maximum Gasteiger partial charge on any atom is 0.258 e. The average molecular weight is 271 g/mol. The van der Waals surface area contributed by atoms with Gasteiger partial charge in [0.1, 0.15) is 11.3 Å². The van der Waals surface area contributed by atoms with E-state index in [0.717, 1.165) is 17.8 Å². The number of aryl methyl sites for hydroxylation is 2. The van der Waals surface area contributed by atoms with Crippen LogP contribution in [0.5, 0.6) is 0 Å². The highest BCUT2D eigenvalue weighted by atomic mass is 16.1. The molecule has 20 heavy (non-hydrogen) atoms. The SMILES string of the molecule is CCc1nc(NC(=O)c2ccc3c(c2)nnn3C)n[nH]1. The van der Waals surface area contributed by atoms with Crippen molar-refractivity contribution in [1.82, 2.24) is 30.2 Å². The van der Waals surface area contributed by atoms with Crippen molar-refractivity contribution < 1.29 is 4.79 Å². The quantitative estimate of drug-likeness (QED) is 0.737. The summed E-state index contributed by atoms with van der Waals surface area (Å²) < 4.78 is 1.65. The number of anilines is 1. The van der Waals surface area contributed by atoms with Crippen LogP contribution in [0.3, 0.4) is 0 Å². The summed E-state index contributed by atoms with van der Waals surface area (Å²) in [6.45, 7) is 1.95. The number of amides is 1. The first-order chi connectivity index (χ1) is 9.67. The number of carbonyl (C=O) groups excluding carboxylic acids is 1. The Morgan fingerprint density at radius 1 is 1.45 bits per heavy atom. The molecular formula is C12H13N7O. The number of H-pyrrole nitrogens is 1. The summed E-state index contributed by atoms with van der Waals surface area (Å²) in [5, 5.41) is 17.2. The Bertz CT molecular complexity index is 773. The van der Waals surface area contributed by atoms with Crippen molar-refractivity contribution in [1.29, 1.82) is 0 Å². The Hall–Kier alpha value is -2.77. The van der Waals surface area contributed by atoms with Gasteiger partial charge in [0.15, 0.2) is 0 Å². The minimum absolute atomic E-state index is 0.270. The van der Waals surface area contributed by atoms with E-state index in [9.17, 15) is 4.79 Å². The molecule has 0 atom stereocenters. The zero-order valence-electron chi connectivity index (χ0n) is 11.1. The molecule has 3 rings (SSSR count). The maximum absolute atomic E-state index is 12.1. The number of aromatic nitrogens is 6. The highest BCUT2D eigenvalue weighted by molar-refractivity contribution is 6.05. The molecule has 1 amide bonds. The summed E-state index contributed by atoms with van der Waals surface area (Å²) in [6.07, 6.45) is 0.731. The van der Waals surface area contributed by atoms with Gasteiger partial charge in [-0.05, 0) is 18.2 Å². The van der Waals surface area contributed by atoms with E-state index in [1.165, 1.54) is 0 Å². The smallest absolute Gasteiger partial charge is 0.258 e. The van der Waals surface area contributed by atoms with E-state index in [0.29, 0.717) is 11.1 Å². The first-order valence-corrected chi connectivity index (χ1v) is 6.19. The van der Waals surface area contributed by atoms with Crippen molar-refractivity contribution in [2.24, 2.45) is 7.05 Å². The third-order valence-corrected chi connectivity index (χ3v) is 2.96. The lowest BCUT2D eigenvalue weighted by Gasteiger charge is -2.00. The number of rotatable bonds is 3. The van der Waals surface area contributed by atoms with Crippen molar-refractivity contribution in [3.05, 3.63) is 29.6 Å². The van der Waals surface area contributed by atoms with Gasteiger partial charge in [-0.15, -0.1) is 10.2 Å². The molecule has 0 aliphatic carbocycles. The first-order valence-electron chi connectivity index (χ1n) is 6.19. The van der Waals surface area contributed by atoms with Crippen LogP contribution in [0.2, 0.25) is 0 Å². The Morgan fingerprint density at radius 3 is 3.05 bits per heavy atom. The van der Waals surface area contributed by atoms with E-state index in [-0.39, 0.29) is 11.9 Å². The zero-order valence-corrected chi connectivity index (χ0v) is 11.1. The fourth-order valence-corrected chi connectivity index (χ4v) is 1.86. The third-order valence-electron chi connectivity index (χ3n) is 2.96. The molecule has 0 fully saturated rings. The summed E-state index contributed by atoms with van der Waals surface area (Å²) in [6, 6.07) is 5.21. The van der Waals surface area contributed by atoms with Gasteiger partial charge >= 0.3 is 0 Å². The fourth-order valence-electron chi connectivity index (χ4n) is 1.86. The van der Waals surface area contributed by atoms with E-state index in [2.05, 4.69) is 30.8 Å². The fraction of sp³-hybridized carbons (Fsp3) is 0.250.